The summed E-state index contributed by atoms with van der Waals surface area (Å²) in [7, 11) is 1.89. The van der Waals surface area contributed by atoms with Crippen LogP contribution in [0.1, 0.15) is 50.7 Å². The number of likely N-dealkylation sites (tertiary alicyclic amines) is 1. The largest absolute Gasteiger partial charge is 0.374 e. The van der Waals surface area contributed by atoms with E-state index in [-0.39, 0.29) is 30.1 Å². The first-order valence-corrected chi connectivity index (χ1v) is 9.25. The predicted molar refractivity (Wildman–Crippen MR) is 114 cm³/mol. The van der Waals surface area contributed by atoms with Crippen molar-refractivity contribution in [2.75, 3.05) is 20.1 Å². The third-order valence-corrected chi connectivity index (χ3v) is 5.42. The molecule has 1 spiro atoms. The summed E-state index contributed by atoms with van der Waals surface area (Å²) in [4.78, 5) is 6.92. The van der Waals surface area contributed by atoms with E-state index < -0.39 is 0 Å². The van der Waals surface area contributed by atoms with Gasteiger partial charge in [-0.2, -0.15) is 0 Å². The van der Waals surface area contributed by atoms with Crippen LogP contribution in [0.5, 0.6) is 0 Å². The first kappa shape index (κ1) is 20.5. The lowest BCUT2D eigenvalue weighted by atomic mass is 9.68. The molecule has 1 aromatic carbocycles. The minimum atomic E-state index is 0. The summed E-state index contributed by atoms with van der Waals surface area (Å²) in [6.07, 6.45) is 5.82. The quantitative estimate of drug-likeness (QED) is 0.410. The average Bonchev–Trinajstić information content (AvgIpc) is 3.00. The second-order valence-electron chi connectivity index (χ2n) is 7.60. The Labute approximate surface area is 169 Å². The number of guanidine groups is 1. The van der Waals surface area contributed by atoms with Crippen molar-refractivity contribution in [1.82, 2.24) is 10.2 Å². The molecular formula is C20H32IN3O. The molecule has 2 fully saturated rings. The van der Waals surface area contributed by atoms with Crippen molar-refractivity contribution in [1.29, 1.82) is 0 Å². The maximum absolute atomic E-state index is 5.65. The summed E-state index contributed by atoms with van der Waals surface area (Å²) in [6, 6.07) is 8.66. The molecule has 1 N–H and O–H groups in total. The van der Waals surface area contributed by atoms with E-state index >= 15 is 0 Å². The van der Waals surface area contributed by atoms with Gasteiger partial charge in [-0.3, -0.25) is 4.99 Å². The summed E-state index contributed by atoms with van der Waals surface area (Å²) >= 11 is 0. The van der Waals surface area contributed by atoms with Gasteiger partial charge < -0.3 is 15.0 Å². The van der Waals surface area contributed by atoms with Crippen LogP contribution < -0.4 is 5.32 Å². The van der Waals surface area contributed by atoms with Crippen LogP contribution in [0.3, 0.4) is 0 Å². The second-order valence-corrected chi connectivity index (χ2v) is 7.60. The Kier molecular flexibility index (Phi) is 7.55. The van der Waals surface area contributed by atoms with E-state index in [0.717, 1.165) is 19.0 Å². The van der Waals surface area contributed by atoms with Gasteiger partial charge in [-0.15, -0.1) is 24.0 Å². The molecular weight excluding hydrogens is 425 g/mol. The topological polar surface area (TPSA) is 36.9 Å². The van der Waals surface area contributed by atoms with Gasteiger partial charge in [0.2, 0.25) is 0 Å². The maximum Gasteiger partial charge on any atom is 0.193 e. The third-order valence-electron chi connectivity index (χ3n) is 5.42. The normalized spacial score (nSPS) is 19.0. The minimum absolute atomic E-state index is 0. The molecule has 5 heteroatoms. The molecule has 0 atom stereocenters. The highest BCUT2D eigenvalue weighted by atomic mass is 127. The molecule has 0 aromatic heterocycles. The van der Waals surface area contributed by atoms with Gasteiger partial charge in [0.15, 0.2) is 5.96 Å². The fraction of sp³-hybridized carbons (Fsp3) is 0.650. The van der Waals surface area contributed by atoms with Gasteiger partial charge in [-0.05, 0) is 49.7 Å². The van der Waals surface area contributed by atoms with Gasteiger partial charge in [-0.1, -0.05) is 30.7 Å². The Hall–Kier alpha value is -0.820. The SMILES string of the molecule is CN=C(NCc1ccc(COC(C)C)cc1)N1CCC2(CCC2)C1.I. The van der Waals surface area contributed by atoms with E-state index in [4.69, 9.17) is 4.74 Å². The van der Waals surface area contributed by atoms with E-state index in [1.165, 1.54) is 43.4 Å². The standard InChI is InChI=1S/C20H31N3O.HI/c1-16(2)24-14-18-7-5-17(6-8-18)13-22-19(21-3)23-12-11-20(15-23)9-4-10-20;/h5-8,16H,4,9-15H2,1-3H3,(H,21,22);1H. The molecule has 1 saturated heterocycles. The fourth-order valence-electron chi connectivity index (χ4n) is 3.73. The predicted octanol–water partition coefficient (Wildman–Crippen LogP) is 4.18. The summed E-state index contributed by atoms with van der Waals surface area (Å²) in [5.74, 6) is 1.05. The summed E-state index contributed by atoms with van der Waals surface area (Å²) in [6.45, 7) is 7.96. The molecule has 0 amide bonds. The number of ether oxygens (including phenoxy) is 1. The average molecular weight is 457 g/mol. The zero-order chi connectivity index (χ0) is 17.0. The summed E-state index contributed by atoms with van der Waals surface area (Å²) in [5, 5.41) is 3.53. The van der Waals surface area contributed by atoms with E-state index in [0.29, 0.717) is 12.0 Å². The number of benzene rings is 1. The van der Waals surface area contributed by atoms with Crippen molar-refractivity contribution < 1.29 is 4.74 Å². The molecule has 0 unspecified atom stereocenters. The molecule has 0 bridgehead atoms. The van der Waals surface area contributed by atoms with Crippen LogP contribution in [0, 0.1) is 5.41 Å². The molecule has 1 aliphatic carbocycles. The Morgan fingerprint density at radius 2 is 1.88 bits per heavy atom. The molecule has 25 heavy (non-hydrogen) atoms. The first-order valence-electron chi connectivity index (χ1n) is 9.25. The van der Waals surface area contributed by atoms with Gasteiger partial charge in [0, 0.05) is 26.7 Å². The highest BCUT2D eigenvalue weighted by molar-refractivity contribution is 14.0. The first-order chi connectivity index (χ1) is 11.6. The molecule has 1 saturated carbocycles. The molecule has 3 rings (SSSR count). The summed E-state index contributed by atoms with van der Waals surface area (Å²) < 4.78 is 5.65. The van der Waals surface area contributed by atoms with Crippen LogP contribution >= 0.6 is 24.0 Å². The van der Waals surface area contributed by atoms with Gasteiger partial charge in [-0.25, -0.2) is 0 Å². The van der Waals surface area contributed by atoms with Crippen molar-refractivity contribution in [3.63, 3.8) is 0 Å². The van der Waals surface area contributed by atoms with Gasteiger partial charge in [0.1, 0.15) is 0 Å². The van der Waals surface area contributed by atoms with Crippen molar-refractivity contribution in [2.45, 2.75) is 58.8 Å². The highest BCUT2D eigenvalue weighted by Crippen LogP contribution is 2.47. The maximum atomic E-state index is 5.65. The Bertz CT molecular complexity index is 567. The molecule has 0 radical (unpaired) electrons. The van der Waals surface area contributed by atoms with Crippen molar-refractivity contribution in [2.24, 2.45) is 10.4 Å². The number of nitrogens with zero attached hydrogens (tertiary/aromatic N) is 2. The van der Waals surface area contributed by atoms with E-state index in [1.807, 2.05) is 7.05 Å². The molecule has 4 nitrogen and oxygen atoms in total. The lowest BCUT2D eigenvalue weighted by Gasteiger charge is -2.38. The van der Waals surface area contributed by atoms with Crippen LogP contribution in [0.2, 0.25) is 0 Å². The van der Waals surface area contributed by atoms with E-state index in [9.17, 15) is 0 Å². The van der Waals surface area contributed by atoms with Gasteiger partial charge >= 0.3 is 0 Å². The van der Waals surface area contributed by atoms with Crippen LogP contribution in [0.15, 0.2) is 29.3 Å². The van der Waals surface area contributed by atoms with E-state index in [1.54, 1.807) is 0 Å². The number of hydrogen-bond donors (Lipinski definition) is 1. The number of aliphatic imine (C=N–C) groups is 1. The molecule has 1 aliphatic heterocycles. The number of halogens is 1. The minimum Gasteiger partial charge on any atom is -0.374 e. The molecule has 1 aromatic rings. The zero-order valence-corrected chi connectivity index (χ0v) is 18.1. The molecule has 140 valence electrons. The van der Waals surface area contributed by atoms with Crippen LogP contribution in [0.25, 0.3) is 0 Å². The Balaban J connectivity index is 0.00000225. The smallest absolute Gasteiger partial charge is 0.193 e. The van der Waals surface area contributed by atoms with Crippen LogP contribution in [-0.2, 0) is 17.9 Å². The number of nitrogens with one attached hydrogen (secondary N) is 1. The number of rotatable bonds is 5. The van der Waals surface area contributed by atoms with Crippen molar-refractivity contribution >= 4 is 29.9 Å². The van der Waals surface area contributed by atoms with Gasteiger partial charge in [0.25, 0.3) is 0 Å². The van der Waals surface area contributed by atoms with Crippen molar-refractivity contribution in [3.05, 3.63) is 35.4 Å². The van der Waals surface area contributed by atoms with Crippen LogP contribution in [0.4, 0.5) is 0 Å². The highest BCUT2D eigenvalue weighted by Gasteiger charge is 2.43. The molecule has 1 heterocycles. The number of hydrogen-bond acceptors (Lipinski definition) is 2. The van der Waals surface area contributed by atoms with Crippen molar-refractivity contribution in [3.8, 4) is 0 Å². The van der Waals surface area contributed by atoms with E-state index in [2.05, 4.69) is 53.3 Å². The molecule has 2 aliphatic rings. The Morgan fingerprint density at radius 3 is 2.40 bits per heavy atom. The van der Waals surface area contributed by atoms with Crippen LogP contribution in [-0.4, -0.2) is 37.1 Å². The monoisotopic (exact) mass is 457 g/mol. The van der Waals surface area contributed by atoms with Gasteiger partial charge in [0.05, 0.1) is 12.7 Å². The summed E-state index contributed by atoms with van der Waals surface area (Å²) in [5.41, 5.74) is 3.11. The zero-order valence-electron chi connectivity index (χ0n) is 15.8. The fourth-order valence-corrected chi connectivity index (χ4v) is 3.73. The Morgan fingerprint density at radius 1 is 1.20 bits per heavy atom. The lowest BCUT2D eigenvalue weighted by Crippen LogP contribution is -2.42. The lowest BCUT2D eigenvalue weighted by molar-refractivity contribution is 0.0657. The second kappa shape index (κ2) is 9.21. The third kappa shape index (κ3) is 5.33.